The van der Waals surface area contributed by atoms with Crippen LogP contribution in [0.4, 0.5) is 18.3 Å². The van der Waals surface area contributed by atoms with Crippen molar-refractivity contribution < 1.29 is 18.0 Å². The van der Waals surface area contributed by atoms with Crippen molar-refractivity contribution in [1.29, 1.82) is 0 Å². The molecule has 1 aliphatic rings. The van der Waals surface area contributed by atoms with Crippen LogP contribution in [0.1, 0.15) is 12.2 Å². The van der Waals surface area contributed by atoms with Crippen LogP contribution in [0.15, 0.2) is 0 Å². The minimum Gasteiger partial charge on any atom is -0.345 e. The summed E-state index contributed by atoms with van der Waals surface area (Å²) in [5.74, 6) is 0.410. The van der Waals surface area contributed by atoms with E-state index in [1.807, 2.05) is 6.92 Å². The average Bonchev–Trinajstić information content (AvgIpc) is 2.72. The summed E-state index contributed by atoms with van der Waals surface area (Å²) < 4.78 is 40.3. The van der Waals surface area contributed by atoms with Crippen LogP contribution in [0.3, 0.4) is 0 Å². The molecule has 124 valence electrons. The van der Waals surface area contributed by atoms with Crippen molar-refractivity contribution in [3.05, 3.63) is 5.82 Å². The molecule has 0 unspecified atom stereocenters. The highest BCUT2D eigenvalue weighted by atomic mass is 32.1. The average molecular weight is 337 g/mol. The normalized spacial score (nSPS) is 16.7. The van der Waals surface area contributed by atoms with Crippen LogP contribution < -0.4 is 10.2 Å². The molecule has 0 aliphatic carbocycles. The monoisotopic (exact) mass is 337 g/mol. The molecular formula is C12H18F3N5OS. The van der Waals surface area contributed by atoms with Crippen LogP contribution in [-0.4, -0.2) is 65.6 Å². The third-order valence-corrected chi connectivity index (χ3v) is 4.11. The van der Waals surface area contributed by atoms with Crippen LogP contribution >= 0.6 is 11.5 Å². The summed E-state index contributed by atoms with van der Waals surface area (Å²) in [6.07, 6.45) is -3.55. The van der Waals surface area contributed by atoms with E-state index >= 15 is 0 Å². The summed E-state index contributed by atoms with van der Waals surface area (Å²) in [7, 11) is 0. The highest BCUT2D eigenvalue weighted by Gasteiger charge is 2.27. The maximum absolute atomic E-state index is 12.0. The van der Waals surface area contributed by atoms with E-state index in [2.05, 4.69) is 19.6 Å². The van der Waals surface area contributed by atoms with Gasteiger partial charge < -0.3 is 15.1 Å². The van der Waals surface area contributed by atoms with Crippen LogP contribution in [0.5, 0.6) is 0 Å². The topological polar surface area (TPSA) is 61.4 Å². The van der Waals surface area contributed by atoms with Crippen LogP contribution in [-0.2, 0) is 4.79 Å². The Kier molecular flexibility index (Phi) is 5.57. The lowest BCUT2D eigenvalue weighted by atomic mass is 10.3. The molecule has 0 aromatic carbocycles. The fourth-order valence-electron chi connectivity index (χ4n) is 2.20. The first-order chi connectivity index (χ1) is 10.3. The minimum atomic E-state index is -4.30. The predicted octanol–water partition coefficient (Wildman–Crippen LogP) is 1.04. The number of hydrogen-bond acceptors (Lipinski definition) is 6. The molecule has 0 atom stereocenters. The number of aromatic nitrogens is 2. The Bertz CT molecular complexity index is 507. The molecule has 1 saturated heterocycles. The van der Waals surface area contributed by atoms with Gasteiger partial charge in [0, 0.05) is 37.7 Å². The summed E-state index contributed by atoms with van der Waals surface area (Å²) in [5, 5.41) is 2.96. The molecule has 0 spiro atoms. The number of carbonyl (C=O) groups excluding carboxylic acids is 1. The number of nitrogens with zero attached hydrogens (tertiary/aromatic N) is 4. The lowest BCUT2D eigenvalue weighted by molar-refractivity contribution is -0.134. The fraction of sp³-hybridized carbons (Fsp3) is 0.750. The van der Waals surface area contributed by atoms with E-state index in [1.54, 1.807) is 4.90 Å². The first kappa shape index (κ1) is 16.9. The molecule has 2 rings (SSSR count). The van der Waals surface area contributed by atoms with Gasteiger partial charge in [-0.15, -0.1) is 0 Å². The number of carbonyl (C=O) groups is 1. The number of rotatable bonds is 4. The molecule has 1 fully saturated rings. The van der Waals surface area contributed by atoms with E-state index in [1.165, 1.54) is 11.5 Å². The zero-order valence-electron chi connectivity index (χ0n) is 12.2. The number of nitrogens with one attached hydrogen (secondary N) is 1. The van der Waals surface area contributed by atoms with Crippen molar-refractivity contribution in [2.24, 2.45) is 0 Å². The number of anilines is 1. The van der Waals surface area contributed by atoms with Gasteiger partial charge in [-0.25, -0.2) is 4.98 Å². The Morgan fingerprint density at radius 3 is 2.73 bits per heavy atom. The third-order valence-electron chi connectivity index (χ3n) is 3.24. The number of halogens is 3. The minimum absolute atomic E-state index is 0.294. The van der Waals surface area contributed by atoms with Gasteiger partial charge >= 0.3 is 6.18 Å². The van der Waals surface area contributed by atoms with Gasteiger partial charge in [-0.1, -0.05) is 0 Å². The van der Waals surface area contributed by atoms with Gasteiger partial charge in [0.25, 0.3) is 0 Å². The van der Waals surface area contributed by atoms with Gasteiger partial charge in [-0.05, 0) is 13.3 Å². The van der Waals surface area contributed by atoms with Crippen molar-refractivity contribution in [2.75, 3.05) is 44.2 Å². The molecule has 0 saturated carbocycles. The van der Waals surface area contributed by atoms with E-state index in [0.29, 0.717) is 25.5 Å². The van der Waals surface area contributed by atoms with E-state index < -0.39 is 12.7 Å². The lowest BCUT2D eigenvalue weighted by Crippen LogP contribution is -2.42. The fourth-order valence-corrected chi connectivity index (χ4v) is 2.92. The highest BCUT2D eigenvalue weighted by Crippen LogP contribution is 2.18. The second-order valence-electron chi connectivity index (χ2n) is 5.06. The SMILES string of the molecule is Cc1nsc(N2CCCN(C(=O)CNCC(F)(F)F)CC2)n1. The van der Waals surface area contributed by atoms with E-state index in [9.17, 15) is 18.0 Å². The largest absolute Gasteiger partial charge is 0.401 e. The number of hydrogen-bond donors (Lipinski definition) is 1. The third kappa shape index (κ3) is 5.09. The Balaban J connectivity index is 1.81. The summed E-state index contributed by atoms with van der Waals surface area (Å²) in [6.45, 7) is 2.76. The quantitative estimate of drug-likeness (QED) is 0.889. The summed E-state index contributed by atoms with van der Waals surface area (Å²) in [4.78, 5) is 19.9. The van der Waals surface area contributed by atoms with E-state index in [4.69, 9.17) is 0 Å². The number of amides is 1. The second kappa shape index (κ2) is 7.23. The maximum atomic E-state index is 12.0. The molecule has 0 bridgehead atoms. The van der Waals surface area contributed by atoms with Gasteiger partial charge in [-0.2, -0.15) is 17.5 Å². The van der Waals surface area contributed by atoms with E-state index in [-0.39, 0.29) is 12.5 Å². The first-order valence-corrected chi connectivity index (χ1v) is 7.73. The molecular weight excluding hydrogens is 319 g/mol. The zero-order valence-corrected chi connectivity index (χ0v) is 13.0. The molecule has 1 aromatic rings. The molecule has 1 N–H and O–H groups in total. The lowest BCUT2D eigenvalue weighted by Gasteiger charge is -2.21. The number of aryl methyl sites for hydroxylation is 1. The van der Waals surface area contributed by atoms with Crippen molar-refractivity contribution >= 4 is 22.6 Å². The smallest absolute Gasteiger partial charge is 0.345 e. The Hall–Kier alpha value is -1.42. The highest BCUT2D eigenvalue weighted by molar-refractivity contribution is 7.09. The Morgan fingerprint density at radius 1 is 1.32 bits per heavy atom. The second-order valence-corrected chi connectivity index (χ2v) is 5.79. The van der Waals surface area contributed by atoms with Crippen LogP contribution in [0.2, 0.25) is 0 Å². The standard InChI is InChI=1S/C12H18F3N5OS/c1-9-17-11(22-18-9)20-4-2-3-19(5-6-20)10(21)7-16-8-12(13,14)15/h16H,2-8H2,1H3. The van der Waals surface area contributed by atoms with Gasteiger partial charge in [-0.3, -0.25) is 4.79 Å². The summed E-state index contributed by atoms with van der Waals surface area (Å²) in [6, 6.07) is 0. The molecule has 22 heavy (non-hydrogen) atoms. The predicted molar refractivity (Wildman–Crippen MR) is 77.0 cm³/mol. The van der Waals surface area contributed by atoms with E-state index in [0.717, 1.165) is 18.1 Å². The molecule has 0 radical (unpaired) electrons. The Labute approximate surface area is 130 Å². The van der Waals surface area contributed by atoms with Crippen molar-refractivity contribution in [2.45, 2.75) is 19.5 Å². The first-order valence-electron chi connectivity index (χ1n) is 6.95. The van der Waals surface area contributed by atoms with Gasteiger partial charge in [0.15, 0.2) is 0 Å². The van der Waals surface area contributed by atoms with Gasteiger partial charge in [0.05, 0.1) is 13.1 Å². The zero-order chi connectivity index (χ0) is 16.2. The number of alkyl halides is 3. The van der Waals surface area contributed by atoms with Gasteiger partial charge in [0.2, 0.25) is 11.0 Å². The van der Waals surface area contributed by atoms with Crippen molar-refractivity contribution in [3.63, 3.8) is 0 Å². The molecule has 2 heterocycles. The van der Waals surface area contributed by atoms with Crippen LogP contribution in [0.25, 0.3) is 0 Å². The molecule has 1 aliphatic heterocycles. The van der Waals surface area contributed by atoms with Crippen LogP contribution in [0, 0.1) is 6.92 Å². The maximum Gasteiger partial charge on any atom is 0.401 e. The summed E-state index contributed by atoms with van der Waals surface area (Å²) in [5.41, 5.74) is 0. The van der Waals surface area contributed by atoms with Crippen molar-refractivity contribution in [1.82, 2.24) is 19.6 Å². The van der Waals surface area contributed by atoms with Crippen molar-refractivity contribution in [3.8, 4) is 0 Å². The Morgan fingerprint density at radius 2 is 2.09 bits per heavy atom. The molecule has 1 aromatic heterocycles. The molecule has 1 amide bonds. The summed E-state index contributed by atoms with van der Waals surface area (Å²) >= 11 is 1.32. The molecule has 10 heteroatoms. The van der Waals surface area contributed by atoms with Gasteiger partial charge in [0.1, 0.15) is 5.82 Å². The molecule has 6 nitrogen and oxygen atoms in total.